The minimum atomic E-state index is -0.489. The van der Waals surface area contributed by atoms with Gasteiger partial charge in [-0.25, -0.2) is 0 Å². The zero-order valence-corrected chi connectivity index (χ0v) is 8.93. The Morgan fingerprint density at radius 1 is 1.55 bits per heavy atom. The first-order valence-electron chi connectivity index (χ1n) is 3.24. The number of rotatable bonds is 1. The van der Waals surface area contributed by atoms with Crippen LogP contribution in [0.1, 0.15) is 18.6 Å². The van der Waals surface area contributed by atoms with Gasteiger partial charge in [0, 0.05) is 8.59 Å². The molecule has 11 heavy (non-hydrogen) atoms. The molecule has 0 aliphatic heterocycles. The van der Waals surface area contributed by atoms with Gasteiger partial charge in [-0.2, -0.15) is 0 Å². The Balaban J connectivity index is 3.13. The van der Waals surface area contributed by atoms with E-state index in [0.29, 0.717) is 5.02 Å². The Hall–Kier alpha value is 0.200. The topological polar surface area (TPSA) is 20.2 Å². The summed E-state index contributed by atoms with van der Waals surface area (Å²) in [4.78, 5) is 0. The van der Waals surface area contributed by atoms with E-state index in [4.69, 9.17) is 11.6 Å². The molecule has 1 aromatic rings. The average molecular weight is 283 g/mol. The van der Waals surface area contributed by atoms with Crippen molar-refractivity contribution in [3.63, 3.8) is 0 Å². The third kappa shape index (κ3) is 2.32. The molecule has 1 unspecified atom stereocenters. The molecule has 0 spiro atoms. The van der Waals surface area contributed by atoms with Crippen molar-refractivity contribution in [2.45, 2.75) is 13.0 Å². The molecular formula is C8H8ClIO. The normalized spacial score (nSPS) is 13.1. The lowest BCUT2D eigenvalue weighted by molar-refractivity contribution is 0.199. The predicted octanol–water partition coefficient (Wildman–Crippen LogP) is 3.00. The summed E-state index contributed by atoms with van der Waals surface area (Å²) in [6.07, 6.45) is -0.489. The fraction of sp³-hybridized carbons (Fsp3) is 0.250. The summed E-state index contributed by atoms with van der Waals surface area (Å²) >= 11 is 8.01. The fourth-order valence-electron chi connectivity index (χ4n) is 0.835. The average Bonchev–Trinajstić information content (AvgIpc) is 1.94. The second-order valence-electron chi connectivity index (χ2n) is 2.34. The molecule has 1 N–H and O–H groups in total. The molecule has 1 atom stereocenters. The monoisotopic (exact) mass is 282 g/mol. The van der Waals surface area contributed by atoms with Crippen molar-refractivity contribution in [2.24, 2.45) is 0 Å². The lowest BCUT2D eigenvalue weighted by Crippen LogP contribution is -1.92. The quantitative estimate of drug-likeness (QED) is 0.785. The Labute approximate surface area is 84.5 Å². The van der Waals surface area contributed by atoms with Gasteiger partial charge in [0.2, 0.25) is 0 Å². The van der Waals surface area contributed by atoms with Crippen LogP contribution in [0.15, 0.2) is 18.2 Å². The molecule has 0 saturated carbocycles. The number of hydrogen-bond acceptors (Lipinski definition) is 1. The molecule has 3 heteroatoms. The maximum absolute atomic E-state index is 9.24. The maximum atomic E-state index is 9.24. The predicted molar refractivity (Wildman–Crippen MR) is 54.8 cm³/mol. The lowest BCUT2D eigenvalue weighted by atomic mass is 10.1. The molecule has 0 aliphatic carbocycles. The summed E-state index contributed by atoms with van der Waals surface area (Å²) < 4.78 is 1.09. The largest absolute Gasteiger partial charge is 0.389 e. The molecule has 0 heterocycles. The van der Waals surface area contributed by atoms with Crippen molar-refractivity contribution in [2.75, 3.05) is 0 Å². The zero-order chi connectivity index (χ0) is 8.43. The van der Waals surface area contributed by atoms with Crippen LogP contribution in [0.25, 0.3) is 0 Å². The van der Waals surface area contributed by atoms with E-state index in [2.05, 4.69) is 22.6 Å². The molecule has 60 valence electrons. The highest BCUT2D eigenvalue weighted by atomic mass is 127. The van der Waals surface area contributed by atoms with Crippen molar-refractivity contribution in [1.29, 1.82) is 0 Å². The van der Waals surface area contributed by atoms with Gasteiger partial charge in [-0.05, 0) is 53.3 Å². The van der Waals surface area contributed by atoms with Gasteiger partial charge in [-0.1, -0.05) is 11.6 Å². The summed E-state index contributed by atoms with van der Waals surface area (Å²) in [5, 5.41) is 9.87. The van der Waals surface area contributed by atoms with E-state index >= 15 is 0 Å². The van der Waals surface area contributed by atoms with Crippen LogP contribution in [-0.2, 0) is 0 Å². The molecule has 1 rings (SSSR count). The highest BCUT2D eigenvalue weighted by molar-refractivity contribution is 14.1. The van der Waals surface area contributed by atoms with Crippen LogP contribution in [0.2, 0.25) is 5.02 Å². The Morgan fingerprint density at radius 3 is 2.64 bits per heavy atom. The summed E-state index contributed by atoms with van der Waals surface area (Å²) in [5.41, 5.74) is 0.790. The van der Waals surface area contributed by atoms with Crippen LogP contribution in [0.3, 0.4) is 0 Å². The van der Waals surface area contributed by atoms with Crippen LogP contribution in [-0.4, -0.2) is 5.11 Å². The molecule has 1 nitrogen and oxygen atoms in total. The highest BCUT2D eigenvalue weighted by Gasteiger charge is 2.05. The lowest BCUT2D eigenvalue weighted by Gasteiger charge is -2.06. The fourth-order valence-corrected chi connectivity index (χ4v) is 1.63. The van der Waals surface area contributed by atoms with Gasteiger partial charge < -0.3 is 5.11 Å². The molecular weight excluding hydrogens is 274 g/mol. The number of hydrogen-bond donors (Lipinski definition) is 1. The van der Waals surface area contributed by atoms with Crippen LogP contribution >= 0.6 is 34.2 Å². The van der Waals surface area contributed by atoms with E-state index in [1.165, 1.54) is 0 Å². The van der Waals surface area contributed by atoms with Gasteiger partial charge in [0.15, 0.2) is 0 Å². The van der Waals surface area contributed by atoms with Gasteiger partial charge in [-0.3, -0.25) is 0 Å². The first-order chi connectivity index (χ1) is 5.11. The summed E-state index contributed by atoms with van der Waals surface area (Å²) in [6, 6.07) is 5.59. The Morgan fingerprint density at radius 2 is 2.18 bits per heavy atom. The molecule has 0 bridgehead atoms. The van der Waals surface area contributed by atoms with Gasteiger partial charge in [0.05, 0.1) is 6.10 Å². The molecule has 0 fully saturated rings. The second kappa shape index (κ2) is 3.74. The minimum Gasteiger partial charge on any atom is -0.389 e. The van der Waals surface area contributed by atoms with Gasteiger partial charge in [0.1, 0.15) is 0 Å². The zero-order valence-electron chi connectivity index (χ0n) is 6.01. The van der Waals surface area contributed by atoms with E-state index in [1.54, 1.807) is 13.0 Å². The summed E-state index contributed by atoms with van der Waals surface area (Å²) in [5.74, 6) is 0. The SMILES string of the molecule is CC(O)c1cc(I)ccc1Cl. The summed E-state index contributed by atoms with van der Waals surface area (Å²) in [7, 11) is 0. The molecule has 0 aromatic heterocycles. The number of aliphatic hydroxyl groups is 1. The molecule has 1 aromatic carbocycles. The van der Waals surface area contributed by atoms with Crippen molar-refractivity contribution >= 4 is 34.2 Å². The van der Waals surface area contributed by atoms with Crippen molar-refractivity contribution < 1.29 is 5.11 Å². The Bertz CT molecular complexity index is 260. The number of aliphatic hydroxyl groups excluding tert-OH is 1. The van der Waals surface area contributed by atoms with Gasteiger partial charge in [-0.15, -0.1) is 0 Å². The van der Waals surface area contributed by atoms with Crippen molar-refractivity contribution in [3.8, 4) is 0 Å². The van der Waals surface area contributed by atoms with E-state index < -0.39 is 6.10 Å². The molecule has 0 saturated heterocycles. The maximum Gasteiger partial charge on any atom is 0.0776 e. The second-order valence-corrected chi connectivity index (χ2v) is 3.99. The minimum absolute atomic E-state index is 0.489. The number of benzene rings is 1. The molecule has 0 amide bonds. The first-order valence-corrected chi connectivity index (χ1v) is 4.70. The number of halogens is 2. The molecule has 0 radical (unpaired) electrons. The summed E-state index contributed by atoms with van der Waals surface area (Å²) in [6.45, 7) is 1.71. The van der Waals surface area contributed by atoms with Crippen molar-refractivity contribution in [1.82, 2.24) is 0 Å². The smallest absolute Gasteiger partial charge is 0.0776 e. The van der Waals surface area contributed by atoms with E-state index in [9.17, 15) is 5.11 Å². The van der Waals surface area contributed by atoms with E-state index in [1.807, 2.05) is 12.1 Å². The molecule has 0 aliphatic rings. The van der Waals surface area contributed by atoms with E-state index in [0.717, 1.165) is 9.13 Å². The third-order valence-electron chi connectivity index (χ3n) is 1.41. The Kier molecular flexibility index (Phi) is 3.16. The van der Waals surface area contributed by atoms with Crippen molar-refractivity contribution in [3.05, 3.63) is 32.4 Å². The van der Waals surface area contributed by atoms with Gasteiger partial charge in [0.25, 0.3) is 0 Å². The van der Waals surface area contributed by atoms with Crippen LogP contribution in [0, 0.1) is 3.57 Å². The van der Waals surface area contributed by atoms with Crippen LogP contribution < -0.4 is 0 Å². The standard InChI is InChI=1S/C8H8ClIO/c1-5(11)7-4-6(10)2-3-8(7)9/h2-5,11H,1H3. The van der Waals surface area contributed by atoms with E-state index in [-0.39, 0.29) is 0 Å². The first kappa shape index (κ1) is 9.29. The highest BCUT2D eigenvalue weighted by Crippen LogP contribution is 2.24. The van der Waals surface area contributed by atoms with Gasteiger partial charge >= 0.3 is 0 Å². The third-order valence-corrected chi connectivity index (χ3v) is 2.42. The van der Waals surface area contributed by atoms with Crippen LogP contribution in [0.4, 0.5) is 0 Å². The van der Waals surface area contributed by atoms with Crippen LogP contribution in [0.5, 0.6) is 0 Å².